The average Bonchev–Trinajstić information content (AvgIpc) is 2.80. The van der Waals surface area contributed by atoms with Crippen molar-refractivity contribution in [2.75, 3.05) is 11.9 Å². The van der Waals surface area contributed by atoms with E-state index >= 15 is 0 Å². The summed E-state index contributed by atoms with van der Waals surface area (Å²) in [5, 5.41) is 21.6. The van der Waals surface area contributed by atoms with Gasteiger partial charge in [-0.1, -0.05) is 18.2 Å². The van der Waals surface area contributed by atoms with Gasteiger partial charge in [0, 0.05) is 5.69 Å². The van der Waals surface area contributed by atoms with Crippen LogP contribution in [0.1, 0.15) is 29.2 Å². The van der Waals surface area contributed by atoms with Crippen LogP contribution in [0.25, 0.3) is 6.08 Å². The van der Waals surface area contributed by atoms with E-state index in [-0.39, 0.29) is 11.3 Å². The molecule has 0 aromatic heterocycles. The molecule has 0 aliphatic carbocycles. The SMILES string of the molecule is CCOc1cc(/C=C(\C#N)C(=O)Nc2ccc(O)cc2)cc(Br)c1OCc1ccc(C)c(C)c1. The van der Waals surface area contributed by atoms with E-state index in [2.05, 4.69) is 47.2 Å². The second-order valence-electron chi connectivity index (χ2n) is 7.64. The van der Waals surface area contributed by atoms with E-state index in [1.165, 1.54) is 29.3 Å². The summed E-state index contributed by atoms with van der Waals surface area (Å²) in [4.78, 5) is 12.6. The predicted octanol–water partition coefficient (Wildman–Crippen LogP) is 6.29. The second kappa shape index (κ2) is 11.4. The quantitative estimate of drug-likeness (QED) is 0.206. The Kier molecular flexibility index (Phi) is 8.34. The fourth-order valence-corrected chi connectivity index (χ4v) is 3.76. The first-order chi connectivity index (χ1) is 16.3. The van der Waals surface area contributed by atoms with E-state index in [9.17, 15) is 15.2 Å². The van der Waals surface area contributed by atoms with Crippen molar-refractivity contribution in [3.63, 3.8) is 0 Å². The van der Waals surface area contributed by atoms with Crippen LogP contribution >= 0.6 is 15.9 Å². The molecule has 0 spiro atoms. The zero-order valence-electron chi connectivity index (χ0n) is 19.2. The van der Waals surface area contributed by atoms with Gasteiger partial charge in [-0.3, -0.25) is 4.79 Å². The number of hydrogen-bond donors (Lipinski definition) is 2. The Morgan fingerprint density at radius 3 is 2.47 bits per heavy atom. The van der Waals surface area contributed by atoms with Gasteiger partial charge in [0.25, 0.3) is 5.91 Å². The number of ether oxygens (including phenoxy) is 2. The first-order valence-electron chi connectivity index (χ1n) is 10.7. The van der Waals surface area contributed by atoms with Crippen LogP contribution in [0.4, 0.5) is 5.69 Å². The number of nitrogens with one attached hydrogen (secondary N) is 1. The van der Waals surface area contributed by atoms with Crippen molar-refractivity contribution in [1.29, 1.82) is 5.26 Å². The highest BCUT2D eigenvalue weighted by Gasteiger charge is 2.15. The van der Waals surface area contributed by atoms with Crippen molar-refractivity contribution in [2.24, 2.45) is 0 Å². The van der Waals surface area contributed by atoms with Crippen LogP contribution in [0.3, 0.4) is 0 Å². The van der Waals surface area contributed by atoms with Crippen LogP contribution < -0.4 is 14.8 Å². The summed E-state index contributed by atoms with van der Waals surface area (Å²) in [6.45, 7) is 6.79. The third-order valence-electron chi connectivity index (χ3n) is 5.09. The van der Waals surface area contributed by atoms with Crippen molar-refractivity contribution in [3.05, 3.63) is 86.9 Å². The molecule has 0 saturated carbocycles. The number of hydrogen-bond acceptors (Lipinski definition) is 5. The number of phenols is 1. The van der Waals surface area contributed by atoms with Gasteiger partial charge in [0.15, 0.2) is 11.5 Å². The summed E-state index contributed by atoms with van der Waals surface area (Å²) < 4.78 is 12.5. The number of amides is 1. The Hall–Kier alpha value is -3.76. The lowest BCUT2D eigenvalue weighted by atomic mass is 10.1. The molecule has 3 aromatic carbocycles. The van der Waals surface area contributed by atoms with Crippen molar-refractivity contribution in [1.82, 2.24) is 0 Å². The van der Waals surface area contributed by atoms with Crippen LogP contribution in [-0.2, 0) is 11.4 Å². The summed E-state index contributed by atoms with van der Waals surface area (Å²) in [7, 11) is 0. The first kappa shape index (κ1) is 24.9. The molecule has 7 heteroatoms. The number of nitrogens with zero attached hydrogens (tertiary/aromatic N) is 1. The van der Waals surface area contributed by atoms with Gasteiger partial charge < -0.3 is 19.9 Å². The molecule has 0 heterocycles. The number of halogens is 1. The summed E-state index contributed by atoms with van der Waals surface area (Å²) in [5.74, 6) is 0.576. The van der Waals surface area contributed by atoms with Crippen LogP contribution in [0.2, 0.25) is 0 Å². The average molecular weight is 521 g/mol. The molecule has 0 aliphatic rings. The van der Waals surface area contributed by atoms with E-state index < -0.39 is 5.91 Å². The Balaban J connectivity index is 1.84. The number of aromatic hydroxyl groups is 1. The maximum Gasteiger partial charge on any atom is 0.266 e. The smallest absolute Gasteiger partial charge is 0.266 e. The van der Waals surface area contributed by atoms with Gasteiger partial charge in [0.2, 0.25) is 0 Å². The molecule has 6 nitrogen and oxygen atoms in total. The van der Waals surface area contributed by atoms with Crippen molar-refractivity contribution < 1.29 is 19.4 Å². The van der Waals surface area contributed by atoms with Gasteiger partial charge >= 0.3 is 0 Å². The molecule has 3 aromatic rings. The van der Waals surface area contributed by atoms with E-state index in [1.54, 1.807) is 24.3 Å². The van der Waals surface area contributed by atoms with Gasteiger partial charge in [-0.2, -0.15) is 5.26 Å². The Bertz CT molecular complexity index is 1260. The molecule has 174 valence electrons. The summed E-state index contributed by atoms with van der Waals surface area (Å²) in [6.07, 6.45) is 1.48. The molecule has 0 fully saturated rings. The molecule has 0 aliphatic heterocycles. The summed E-state index contributed by atoms with van der Waals surface area (Å²) >= 11 is 3.54. The molecule has 0 bridgehead atoms. The van der Waals surface area contributed by atoms with Gasteiger partial charge in [-0.15, -0.1) is 0 Å². The number of carbonyl (C=O) groups is 1. The second-order valence-corrected chi connectivity index (χ2v) is 8.50. The fraction of sp³-hybridized carbons (Fsp3) is 0.185. The molecule has 34 heavy (non-hydrogen) atoms. The van der Waals surface area contributed by atoms with E-state index in [4.69, 9.17) is 9.47 Å². The fourth-order valence-electron chi connectivity index (χ4n) is 3.18. The minimum absolute atomic E-state index is 0.0776. The molecule has 0 atom stereocenters. The highest BCUT2D eigenvalue weighted by molar-refractivity contribution is 9.10. The number of carbonyl (C=O) groups excluding carboxylic acids is 1. The number of aryl methyl sites for hydroxylation is 2. The van der Waals surface area contributed by atoms with Crippen molar-refractivity contribution in [3.8, 4) is 23.3 Å². The molecular formula is C27H25BrN2O4. The van der Waals surface area contributed by atoms with Gasteiger partial charge in [-0.25, -0.2) is 0 Å². The van der Waals surface area contributed by atoms with Gasteiger partial charge in [0.1, 0.15) is 24.0 Å². The Morgan fingerprint density at radius 2 is 1.82 bits per heavy atom. The topological polar surface area (TPSA) is 91.6 Å². The largest absolute Gasteiger partial charge is 0.508 e. The number of benzene rings is 3. The Morgan fingerprint density at radius 1 is 1.09 bits per heavy atom. The minimum atomic E-state index is -0.558. The van der Waals surface area contributed by atoms with E-state index in [1.807, 2.05) is 19.1 Å². The number of rotatable bonds is 8. The van der Waals surface area contributed by atoms with Crippen LogP contribution in [0.5, 0.6) is 17.2 Å². The van der Waals surface area contributed by atoms with Crippen LogP contribution in [-0.4, -0.2) is 17.6 Å². The van der Waals surface area contributed by atoms with Crippen molar-refractivity contribution >= 4 is 33.6 Å². The van der Waals surface area contributed by atoms with Crippen LogP contribution in [0.15, 0.2) is 64.6 Å². The lowest BCUT2D eigenvalue weighted by molar-refractivity contribution is -0.112. The third kappa shape index (κ3) is 6.40. The summed E-state index contributed by atoms with van der Waals surface area (Å²) in [5.41, 5.74) is 4.45. The first-order valence-corrected chi connectivity index (χ1v) is 11.5. The number of nitriles is 1. The molecule has 1 amide bonds. The lowest BCUT2D eigenvalue weighted by Gasteiger charge is -2.15. The number of phenolic OH excluding ortho intramolecular Hbond substituents is 1. The van der Waals surface area contributed by atoms with Gasteiger partial charge in [0.05, 0.1) is 11.1 Å². The molecular weight excluding hydrogens is 496 g/mol. The predicted molar refractivity (Wildman–Crippen MR) is 136 cm³/mol. The maximum absolute atomic E-state index is 12.6. The summed E-state index contributed by atoms with van der Waals surface area (Å²) in [6, 6.07) is 17.6. The Labute approximate surface area is 207 Å². The molecule has 2 N–H and O–H groups in total. The highest BCUT2D eigenvalue weighted by Crippen LogP contribution is 2.38. The normalized spacial score (nSPS) is 11.0. The standard InChI is InChI=1S/C27H25BrN2O4/c1-4-33-25-14-20(12-21(15-29)27(32)30-22-7-9-23(31)10-8-22)13-24(28)26(25)34-16-19-6-5-17(2)18(3)11-19/h5-14,31H,4,16H2,1-3H3,(H,30,32)/b21-12+. The minimum Gasteiger partial charge on any atom is -0.508 e. The molecule has 0 saturated heterocycles. The zero-order chi connectivity index (χ0) is 24.7. The lowest BCUT2D eigenvalue weighted by Crippen LogP contribution is -2.13. The molecule has 3 rings (SSSR count). The monoisotopic (exact) mass is 520 g/mol. The number of anilines is 1. The van der Waals surface area contributed by atoms with Crippen molar-refractivity contribution in [2.45, 2.75) is 27.4 Å². The third-order valence-corrected chi connectivity index (χ3v) is 5.68. The highest BCUT2D eigenvalue weighted by atomic mass is 79.9. The zero-order valence-corrected chi connectivity index (χ0v) is 20.8. The van der Waals surface area contributed by atoms with E-state index in [0.29, 0.717) is 40.4 Å². The van der Waals surface area contributed by atoms with Crippen LogP contribution in [0, 0.1) is 25.2 Å². The maximum atomic E-state index is 12.6. The van der Waals surface area contributed by atoms with Gasteiger partial charge in [-0.05, 0) is 101 Å². The van der Waals surface area contributed by atoms with E-state index in [0.717, 1.165) is 5.56 Å². The molecule has 0 radical (unpaired) electrons. The molecule has 0 unspecified atom stereocenters.